The molecule has 0 radical (unpaired) electrons. The third-order valence-corrected chi connectivity index (χ3v) is 4.87. The van der Waals surface area contributed by atoms with Gasteiger partial charge < -0.3 is 4.74 Å². The molecule has 0 saturated carbocycles. The van der Waals surface area contributed by atoms with Crippen molar-refractivity contribution in [3.05, 3.63) is 18.3 Å². The Morgan fingerprint density at radius 3 is 2.76 bits per heavy atom. The topological polar surface area (TPSA) is 25.4 Å². The fraction of sp³-hybridized carbons (Fsp3) is 0.643. The monoisotopic (exact) mass is 370 g/mol. The van der Waals surface area contributed by atoms with Crippen LogP contribution in [0.25, 0.3) is 0 Å². The van der Waals surface area contributed by atoms with Crippen molar-refractivity contribution in [2.24, 2.45) is 0 Å². The minimum Gasteiger partial charge on any atom is -0.478 e. The van der Waals surface area contributed by atoms with E-state index in [0.717, 1.165) is 18.9 Å². The van der Waals surface area contributed by atoms with Crippen LogP contribution in [0.1, 0.15) is 19.3 Å². The van der Waals surface area contributed by atoms with Gasteiger partial charge >= 0.3 is 0 Å². The predicted molar refractivity (Wildman–Crippen MR) is 98.8 cm³/mol. The van der Waals surface area contributed by atoms with Crippen LogP contribution in [0.15, 0.2) is 23.2 Å². The van der Waals surface area contributed by atoms with Gasteiger partial charge in [0, 0.05) is 35.3 Å². The Hall–Kier alpha value is 0.190. The third kappa shape index (κ3) is 8.41. The highest BCUT2D eigenvalue weighted by Crippen LogP contribution is 2.16. The second-order valence-corrected chi connectivity index (χ2v) is 6.56. The van der Waals surface area contributed by atoms with E-state index in [1.165, 1.54) is 42.5 Å². The second-order valence-electron chi connectivity index (χ2n) is 4.60. The number of rotatable bonds is 8. The lowest BCUT2D eigenvalue weighted by molar-refractivity contribution is 0.285. The molecular formula is C14H24Cl2N2OS2. The standard InChI is InChI=1S/C14H22N2OS2.2ClH/c1-18-13-5-6-14(15-11-13)17-9-4-2-3-7-16-8-10-19-12-16;;/h5-6,11H,2-4,7-10,12H2,1H3;2*1H. The Kier molecular flexibility index (Phi) is 12.8. The maximum atomic E-state index is 5.64. The van der Waals surface area contributed by atoms with Gasteiger partial charge in [0.15, 0.2) is 0 Å². The molecule has 0 bridgehead atoms. The summed E-state index contributed by atoms with van der Waals surface area (Å²) in [5, 5.41) is 0. The van der Waals surface area contributed by atoms with Gasteiger partial charge in [-0.2, -0.15) is 0 Å². The molecule has 0 N–H and O–H groups in total. The van der Waals surface area contributed by atoms with Crippen LogP contribution in [0.4, 0.5) is 0 Å². The first-order chi connectivity index (χ1) is 9.38. The molecule has 0 spiro atoms. The SMILES string of the molecule is CSc1ccc(OCCCCCN2CCSC2)nc1.Cl.Cl. The smallest absolute Gasteiger partial charge is 0.213 e. The van der Waals surface area contributed by atoms with E-state index in [1.54, 1.807) is 11.8 Å². The van der Waals surface area contributed by atoms with Gasteiger partial charge in [-0.05, 0) is 38.1 Å². The minimum absolute atomic E-state index is 0. The van der Waals surface area contributed by atoms with Crippen molar-refractivity contribution >= 4 is 48.3 Å². The summed E-state index contributed by atoms with van der Waals surface area (Å²) in [6.07, 6.45) is 7.56. The molecule has 2 rings (SSSR count). The molecule has 1 aliphatic rings. The minimum atomic E-state index is 0. The van der Waals surface area contributed by atoms with Crippen LogP contribution in [0.2, 0.25) is 0 Å². The number of unbranched alkanes of at least 4 members (excludes halogenated alkanes) is 2. The van der Waals surface area contributed by atoms with Crippen LogP contribution in [0, 0.1) is 0 Å². The maximum Gasteiger partial charge on any atom is 0.213 e. The van der Waals surface area contributed by atoms with E-state index in [9.17, 15) is 0 Å². The van der Waals surface area contributed by atoms with Gasteiger partial charge in [-0.3, -0.25) is 4.90 Å². The van der Waals surface area contributed by atoms with E-state index in [1.807, 2.05) is 24.0 Å². The molecule has 0 atom stereocenters. The average molecular weight is 371 g/mol. The summed E-state index contributed by atoms with van der Waals surface area (Å²) in [6, 6.07) is 4.01. The van der Waals surface area contributed by atoms with Crippen LogP contribution < -0.4 is 4.74 Å². The zero-order chi connectivity index (χ0) is 13.3. The lowest BCUT2D eigenvalue weighted by Crippen LogP contribution is -2.20. The molecule has 21 heavy (non-hydrogen) atoms. The summed E-state index contributed by atoms with van der Waals surface area (Å²) in [7, 11) is 0. The van der Waals surface area contributed by atoms with Crippen molar-refractivity contribution < 1.29 is 4.74 Å². The lowest BCUT2D eigenvalue weighted by Gasteiger charge is -2.13. The van der Waals surface area contributed by atoms with E-state index in [-0.39, 0.29) is 24.8 Å². The number of ether oxygens (including phenoxy) is 1. The summed E-state index contributed by atoms with van der Waals surface area (Å²) >= 11 is 3.74. The van der Waals surface area contributed by atoms with Crippen LogP contribution in [0.3, 0.4) is 0 Å². The molecular weight excluding hydrogens is 347 g/mol. The molecule has 1 fully saturated rings. The van der Waals surface area contributed by atoms with Crippen LogP contribution in [-0.4, -0.2) is 47.5 Å². The summed E-state index contributed by atoms with van der Waals surface area (Å²) in [4.78, 5) is 7.99. The summed E-state index contributed by atoms with van der Waals surface area (Å²) in [5.41, 5.74) is 0. The van der Waals surface area contributed by atoms with Gasteiger partial charge in [0.05, 0.1) is 6.61 Å². The number of hydrogen-bond donors (Lipinski definition) is 0. The summed E-state index contributed by atoms with van der Waals surface area (Å²) in [5.74, 6) is 3.27. The van der Waals surface area contributed by atoms with Crippen LogP contribution in [-0.2, 0) is 0 Å². The molecule has 1 aromatic rings. The molecule has 2 heterocycles. The molecule has 0 amide bonds. The summed E-state index contributed by atoms with van der Waals surface area (Å²) in [6.45, 7) is 3.29. The van der Waals surface area contributed by atoms with Crippen molar-refractivity contribution in [3.63, 3.8) is 0 Å². The van der Waals surface area contributed by atoms with Crippen molar-refractivity contribution in [2.45, 2.75) is 24.2 Å². The first-order valence-electron chi connectivity index (χ1n) is 6.81. The zero-order valence-corrected chi connectivity index (χ0v) is 15.6. The Bertz CT molecular complexity index is 362. The van der Waals surface area contributed by atoms with Crippen LogP contribution >= 0.6 is 48.3 Å². The number of thioether (sulfide) groups is 2. The van der Waals surface area contributed by atoms with Gasteiger partial charge in [-0.25, -0.2) is 4.98 Å². The van der Waals surface area contributed by atoms with E-state index in [4.69, 9.17) is 4.74 Å². The van der Waals surface area contributed by atoms with E-state index >= 15 is 0 Å². The van der Waals surface area contributed by atoms with E-state index in [2.05, 4.69) is 22.2 Å². The maximum absolute atomic E-state index is 5.64. The molecule has 122 valence electrons. The second kappa shape index (κ2) is 12.7. The lowest BCUT2D eigenvalue weighted by atomic mass is 10.2. The molecule has 7 heteroatoms. The average Bonchev–Trinajstić information content (AvgIpc) is 2.96. The normalized spacial score (nSPS) is 14.3. The van der Waals surface area contributed by atoms with Crippen LogP contribution in [0.5, 0.6) is 5.88 Å². The molecule has 0 aromatic carbocycles. The highest BCUT2D eigenvalue weighted by atomic mass is 35.5. The van der Waals surface area contributed by atoms with Crippen molar-refractivity contribution in [1.29, 1.82) is 0 Å². The van der Waals surface area contributed by atoms with Gasteiger partial charge in [0.25, 0.3) is 0 Å². The fourth-order valence-electron chi connectivity index (χ4n) is 1.99. The van der Waals surface area contributed by atoms with Gasteiger partial charge in [-0.15, -0.1) is 48.3 Å². The highest BCUT2D eigenvalue weighted by Gasteiger charge is 2.10. The number of aromatic nitrogens is 1. The molecule has 0 unspecified atom stereocenters. The number of nitrogens with zero attached hydrogens (tertiary/aromatic N) is 2. The summed E-state index contributed by atoms with van der Waals surface area (Å²) < 4.78 is 5.64. The first-order valence-corrected chi connectivity index (χ1v) is 9.19. The fourth-order valence-corrected chi connectivity index (χ4v) is 3.39. The Labute approximate surface area is 148 Å². The molecule has 0 aliphatic carbocycles. The molecule has 1 aliphatic heterocycles. The van der Waals surface area contributed by atoms with Gasteiger partial charge in [0.2, 0.25) is 5.88 Å². The largest absolute Gasteiger partial charge is 0.478 e. The molecule has 1 aromatic heterocycles. The van der Waals surface area contributed by atoms with E-state index in [0.29, 0.717) is 0 Å². The third-order valence-electron chi connectivity index (χ3n) is 3.14. The molecule has 1 saturated heterocycles. The highest BCUT2D eigenvalue weighted by molar-refractivity contribution is 7.99. The van der Waals surface area contributed by atoms with Crippen molar-refractivity contribution in [3.8, 4) is 5.88 Å². The van der Waals surface area contributed by atoms with E-state index < -0.39 is 0 Å². The molecule has 3 nitrogen and oxygen atoms in total. The van der Waals surface area contributed by atoms with Crippen molar-refractivity contribution in [2.75, 3.05) is 37.6 Å². The Morgan fingerprint density at radius 2 is 2.14 bits per heavy atom. The quantitative estimate of drug-likeness (QED) is 0.504. The van der Waals surface area contributed by atoms with Gasteiger partial charge in [-0.1, -0.05) is 0 Å². The first kappa shape index (κ1) is 21.2. The Balaban J connectivity index is 0.00000200. The zero-order valence-electron chi connectivity index (χ0n) is 12.3. The predicted octanol–water partition coefficient (Wildman–Crippen LogP) is 4.20. The number of hydrogen-bond acceptors (Lipinski definition) is 5. The number of halogens is 2. The Morgan fingerprint density at radius 1 is 1.29 bits per heavy atom. The number of pyridine rings is 1. The van der Waals surface area contributed by atoms with Gasteiger partial charge in [0.1, 0.15) is 0 Å². The van der Waals surface area contributed by atoms with Crippen molar-refractivity contribution in [1.82, 2.24) is 9.88 Å².